The molecule has 3 unspecified atom stereocenters. The maximum atomic E-state index is 12.8. The van der Waals surface area contributed by atoms with Crippen molar-refractivity contribution < 1.29 is 38.4 Å². The Hall–Kier alpha value is -1.93. The summed E-state index contributed by atoms with van der Waals surface area (Å²) in [6.07, 6.45) is 15.3. The van der Waals surface area contributed by atoms with Crippen molar-refractivity contribution in [2.75, 3.05) is 40.1 Å². The molecule has 0 spiro atoms. The summed E-state index contributed by atoms with van der Waals surface area (Å²) in [4.78, 5) is 37.0. The molecule has 0 aromatic carbocycles. The molecule has 0 aromatic rings. The first kappa shape index (κ1) is 33.3. The second-order valence-corrected chi connectivity index (χ2v) is 12.0. The van der Waals surface area contributed by atoms with Gasteiger partial charge in [0.15, 0.2) is 0 Å². The van der Waals surface area contributed by atoms with Crippen LogP contribution >= 0.6 is 0 Å². The number of esters is 3. The Labute approximate surface area is 235 Å². The number of rotatable bonds is 21. The molecule has 0 radical (unpaired) electrons. The summed E-state index contributed by atoms with van der Waals surface area (Å²) in [5.41, 5.74) is 0.361. The van der Waals surface area contributed by atoms with Crippen LogP contribution in [0.2, 0.25) is 0 Å². The summed E-state index contributed by atoms with van der Waals surface area (Å²) in [7, 11) is 1.49. The maximum Gasteiger partial charge on any atom is 0.306 e. The highest BCUT2D eigenvalue weighted by Crippen LogP contribution is 2.52. The zero-order valence-corrected chi connectivity index (χ0v) is 24.6. The van der Waals surface area contributed by atoms with Gasteiger partial charge >= 0.3 is 17.9 Å². The second kappa shape index (κ2) is 17.7. The van der Waals surface area contributed by atoms with E-state index in [2.05, 4.69) is 19.9 Å². The Bertz CT molecular complexity index is 793. The summed E-state index contributed by atoms with van der Waals surface area (Å²) >= 11 is 0. The van der Waals surface area contributed by atoms with Crippen molar-refractivity contribution in [2.45, 2.75) is 110 Å². The van der Waals surface area contributed by atoms with Crippen molar-refractivity contribution in [3.05, 3.63) is 11.6 Å². The fraction of sp³-hybridized carbons (Fsp3) is 0.839. The van der Waals surface area contributed by atoms with Crippen LogP contribution in [0.25, 0.3) is 0 Å². The minimum Gasteiger partial charge on any atom is -0.466 e. The Morgan fingerprint density at radius 3 is 2.23 bits per heavy atom. The molecule has 1 N–H and O–H groups in total. The molecular formula is C31H52O8. The fourth-order valence-corrected chi connectivity index (χ4v) is 5.92. The minimum absolute atomic E-state index is 0.0466. The number of fused-ring (bicyclic) bond motifs is 2. The third-order valence-corrected chi connectivity index (χ3v) is 7.97. The van der Waals surface area contributed by atoms with E-state index >= 15 is 0 Å². The standard InChI is InChI=1S/C31H52O8/c1-4-5-6-7-8-9-10-16-37-27(33)12-11-13-28(34)38-23-31(21-32,22-36-3)24-39-29(35)20-30-15-14-26(19-30)17-25(2)18-30/h14,25,32H,4-13,15-24H2,1-3H3. The van der Waals surface area contributed by atoms with Crippen molar-refractivity contribution in [1.29, 1.82) is 0 Å². The van der Waals surface area contributed by atoms with E-state index in [1.165, 1.54) is 44.8 Å². The zero-order chi connectivity index (χ0) is 28.6. The molecule has 2 aliphatic rings. The third kappa shape index (κ3) is 12.4. The molecule has 3 atom stereocenters. The van der Waals surface area contributed by atoms with Crippen LogP contribution in [0.3, 0.4) is 0 Å². The Morgan fingerprint density at radius 1 is 0.923 bits per heavy atom. The lowest BCUT2D eigenvalue weighted by atomic mass is 9.69. The first-order valence-corrected chi connectivity index (χ1v) is 15.0. The number of hydrogen-bond donors (Lipinski definition) is 1. The van der Waals surface area contributed by atoms with E-state index in [4.69, 9.17) is 18.9 Å². The molecule has 224 valence electrons. The number of hydrogen-bond acceptors (Lipinski definition) is 8. The molecule has 39 heavy (non-hydrogen) atoms. The Morgan fingerprint density at radius 2 is 1.56 bits per heavy atom. The van der Waals surface area contributed by atoms with Gasteiger partial charge in [0.1, 0.15) is 13.2 Å². The molecule has 8 nitrogen and oxygen atoms in total. The highest BCUT2D eigenvalue weighted by molar-refractivity contribution is 5.72. The molecule has 0 aromatic heterocycles. The molecular weight excluding hydrogens is 500 g/mol. The van der Waals surface area contributed by atoms with Crippen molar-refractivity contribution in [3.8, 4) is 0 Å². The summed E-state index contributed by atoms with van der Waals surface area (Å²) in [5.74, 6) is -0.512. The molecule has 0 heterocycles. The van der Waals surface area contributed by atoms with Gasteiger partial charge < -0.3 is 24.1 Å². The SMILES string of the molecule is CCCCCCCCCOC(=O)CCCC(=O)OCC(CO)(COC)COC(=O)CC12CC=C(CC(C)C1)C2. The average Bonchev–Trinajstić information content (AvgIpc) is 3.20. The van der Waals surface area contributed by atoms with E-state index in [-0.39, 0.29) is 56.6 Å². The summed E-state index contributed by atoms with van der Waals surface area (Å²) in [6.45, 7) is 4.32. The molecule has 1 fully saturated rings. The number of aliphatic hydroxyl groups is 1. The van der Waals surface area contributed by atoms with Crippen LogP contribution in [0.15, 0.2) is 11.6 Å². The van der Waals surface area contributed by atoms with E-state index < -0.39 is 11.4 Å². The molecule has 0 amide bonds. The van der Waals surface area contributed by atoms with Gasteiger partial charge in [-0.1, -0.05) is 64.0 Å². The predicted molar refractivity (Wildman–Crippen MR) is 149 cm³/mol. The monoisotopic (exact) mass is 552 g/mol. The van der Waals surface area contributed by atoms with Gasteiger partial charge in [-0.3, -0.25) is 14.4 Å². The number of carbonyl (C=O) groups excluding carboxylic acids is 3. The predicted octanol–water partition coefficient (Wildman–Crippen LogP) is 5.69. The highest BCUT2D eigenvalue weighted by atomic mass is 16.6. The van der Waals surface area contributed by atoms with Crippen LogP contribution in [-0.4, -0.2) is 63.2 Å². The second-order valence-electron chi connectivity index (χ2n) is 12.0. The van der Waals surface area contributed by atoms with E-state index in [1.807, 2.05) is 0 Å². The summed E-state index contributed by atoms with van der Waals surface area (Å²) in [6, 6.07) is 0. The van der Waals surface area contributed by atoms with Crippen LogP contribution in [0.1, 0.15) is 110 Å². The van der Waals surface area contributed by atoms with Crippen LogP contribution in [0.4, 0.5) is 0 Å². The lowest BCUT2D eigenvalue weighted by Gasteiger charge is -2.36. The zero-order valence-electron chi connectivity index (χ0n) is 24.6. The molecule has 1 saturated carbocycles. The number of allylic oxidation sites excluding steroid dienone is 2. The highest BCUT2D eigenvalue weighted by Gasteiger charge is 2.42. The third-order valence-electron chi connectivity index (χ3n) is 7.97. The van der Waals surface area contributed by atoms with E-state index in [0.717, 1.165) is 38.5 Å². The fourth-order valence-electron chi connectivity index (χ4n) is 5.92. The molecule has 8 heteroatoms. The van der Waals surface area contributed by atoms with Gasteiger partial charge in [-0.2, -0.15) is 0 Å². The van der Waals surface area contributed by atoms with E-state index in [1.54, 1.807) is 0 Å². The molecule has 2 rings (SSSR count). The molecule has 2 aliphatic carbocycles. The number of methoxy groups -OCH3 is 1. The van der Waals surface area contributed by atoms with Gasteiger partial charge in [0.2, 0.25) is 0 Å². The van der Waals surface area contributed by atoms with Crippen LogP contribution in [-0.2, 0) is 33.3 Å². The largest absolute Gasteiger partial charge is 0.466 e. The maximum absolute atomic E-state index is 12.8. The average molecular weight is 553 g/mol. The number of ether oxygens (including phenoxy) is 4. The quantitative estimate of drug-likeness (QED) is 0.0837. The van der Waals surface area contributed by atoms with E-state index in [0.29, 0.717) is 25.4 Å². The van der Waals surface area contributed by atoms with Gasteiger partial charge in [0.25, 0.3) is 0 Å². The first-order chi connectivity index (χ1) is 18.7. The minimum atomic E-state index is -1.04. The molecule has 2 bridgehead atoms. The van der Waals surface area contributed by atoms with Gasteiger partial charge in [-0.15, -0.1) is 0 Å². The first-order valence-electron chi connectivity index (χ1n) is 15.0. The van der Waals surface area contributed by atoms with Crippen molar-refractivity contribution in [1.82, 2.24) is 0 Å². The number of carbonyl (C=O) groups is 3. The Balaban J connectivity index is 1.64. The normalized spacial score (nSPS) is 21.6. The van der Waals surface area contributed by atoms with Gasteiger partial charge in [0, 0.05) is 20.0 Å². The lowest BCUT2D eigenvalue weighted by Crippen LogP contribution is -2.42. The van der Waals surface area contributed by atoms with Gasteiger partial charge in [-0.05, 0) is 49.9 Å². The van der Waals surface area contributed by atoms with Crippen molar-refractivity contribution >= 4 is 17.9 Å². The topological polar surface area (TPSA) is 108 Å². The molecule has 0 aliphatic heterocycles. The Kier molecular flexibility index (Phi) is 15.1. The smallest absolute Gasteiger partial charge is 0.306 e. The van der Waals surface area contributed by atoms with Crippen LogP contribution < -0.4 is 0 Å². The van der Waals surface area contributed by atoms with Crippen molar-refractivity contribution in [2.24, 2.45) is 16.7 Å². The van der Waals surface area contributed by atoms with Crippen molar-refractivity contribution in [3.63, 3.8) is 0 Å². The van der Waals surface area contributed by atoms with E-state index in [9.17, 15) is 19.5 Å². The number of unbranched alkanes of at least 4 members (excludes halogenated alkanes) is 6. The van der Waals surface area contributed by atoms with Gasteiger partial charge in [0.05, 0.1) is 31.7 Å². The van der Waals surface area contributed by atoms with Gasteiger partial charge in [-0.25, -0.2) is 0 Å². The summed E-state index contributed by atoms with van der Waals surface area (Å²) < 4.78 is 21.5. The molecule has 0 saturated heterocycles. The lowest BCUT2D eigenvalue weighted by molar-refractivity contribution is -0.161. The summed E-state index contributed by atoms with van der Waals surface area (Å²) in [5, 5.41) is 10.1. The van der Waals surface area contributed by atoms with Crippen LogP contribution in [0.5, 0.6) is 0 Å². The number of aliphatic hydroxyl groups excluding tert-OH is 1. The van der Waals surface area contributed by atoms with Crippen LogP contribution in [0, 0.1) is 16.7 Å².